The number of rotatable bonds is 3. The lowest BCUT2D eigenvalue weighted by Gasteiger charge is -2.28. The van der Waals surface area contributed by atoms with Crippen LogP contribution in [0.15, 0.2) is 65.1 Å². The van der Waals surface area contributed by atoms with Crippen LogP contribution >= 0.6 is 0 Å². The molecule has 0 spiro atoms. The Morgan fingerprint density at radius 1 is 0.927 bits per heavy atom. The molecule has 3 N–H and O–H groups in total. The van der Waals surface area contributed by atoms with E-state index in [1.165, 1.54) is 0 Å². The number of amides is 3. The number of aromatic nitrogens is 2. The molecule has 3 aromatic carbocycles. The van der Waals surface area contributed by atoms with Crippen molar-refractivity contribution in [2.75, 3.05) is 0 Å². The summed E-state index contributed by atoms with van der Waals surface area (Å²) in [7, 11) is 0. The molecule has 0 fully saturated rings. The number of furan rings is 1. The number of imide groups is 1. The Labute approximate surface area is 232 Å². The van der Waals surface area contributed by atoms with Gasteiger partial charge in [-0.05, 0) is 31.2 Å². The van der Waals surface area contributed by atoms with Gasteiger partial charge < -0.3 is 28.7 Å². The zero-order chi connectivity index (χ0) is 28.0. The van der Waals surface area contributed by atoms with Gasteiger partial charge in [-0.15, -0.1) is 0 Å². The lowest BCUT2D eigenvalue weighted by atomic mass is 9.96. The molecule has 0 saturated heterocycles. The summed E-state index contributed by atoms with van der Waals surface area (Å²) in [5.74, 6) is 0.459. The van der Waals surface area contributed by atoms with Crippen LogP contribution in [0.3, 0.4) is 0 Å². The van der Waals surface area contributed by atoms with Crippen molar-refractivity contribution in [3.63, 3.8) is 0 Å². The van der Waals surface area contributed by atoms with Gasteiger partial charge in [-0.1, -0.05) is 36.4 Å². The Bertz CT molecular complexity index is 2120. The number of nitrogens with zero attached hydrogens (tertiary/aromatic N) is 2. The average molecular weight is 549 g/mol. The Morgan fingerprint density at radius 2 is 1.51 bits per heavy atom. The van der Waals surface area contributed by atoms with Gasteiger partial charge in [-0.25, -0.2) is 4.79 Å². The topological polar surface area (TPSA) is 128 Å². The van der Waals surface area contributed by atoms with Crippen molar-refractivity contribution in [1.29, 1.82) is 0 Å². The molecule has 5 heterocycles. The van der Waals surface area contributed by atoms with Gasteiger partial charge in [0.25, 0.3) is 11.8 Å². The first-order valence-corrected chi connectivity index (χ1v) is 13.4. The van der Waals surface area contributed by atoms with E-state index in [0.717, 1.165) is 38.6 Å². The lowest BCUT2D eigenvalue weighted by molar-refractivity contribution is -0.0126. The smallest absolute Gasteiger partial charge is 0.407 e. The number of nitrogens with one attached hydrogen (secondary N) is 2. The van der Waals surface area contributed by atoms with Crippen LogP contribution < -0.4 is 10.6 Å². The van der Waals surface area contributed by atoms with E-state index < -0.39 is 30.1 Å². The molecular weight excluding hydrogens is 524 g/mol. The fourth-order valence-electron chi connectivity index (χ4n) is 6.56. The Hall–Kier alpha value is -5.09. The highest BCUT2D eigenvalue weighted by atomic mass is 16.6. The minimum Gasteiger partial charge on any atom is -0.465 e. The molecule has 10 nitrogen and oxygen atoms in total. The second-order valence-corrected chi connectivity index (χ2v) is 10.6. The number of carbonyl (C=O) groups is 3. The second-order valence-electron chi connectivity index (χ2n) is 10.6. The maximum absolute atomic E-state index is 13.3. The molecule has 8 rings (SSSR count). The van der Waals surface area contributed by atoms with Crippen molar-refractivity contribution in [1.82, 2.24) is 19.8 Å². The van der Waals surface area contributed by atoms with Gasteiger partial charge in [-0.2, -0.15) is 0 Å². The van der Waals surface area contributed by atoms with E-state index in [1.54, 1.807) is 6.07 Å². The maximum atomic E-state index is 13.3. The summed E-state index contributed by atoms with van der Waals surface area (Å²) in [6, 6.07) is 18.9. The molecule has 41 heavy (non-hydrogen) atoms. The van der Waals surface area contributed by atoms with Crippen molar-refractivity contribution in [3.8, 4) is 0 Å². The number of aliphatic hydroxyl groups is 1. The zero-order valence-corrected chi connectivity index (χ0v) is 21.9. The predicted octanol–water partition coefficient (Wildman–Crippen LogP) is 4.36. The number of fused-ring (bicyclic) bond motifs is 9. The van der Waals surface area contributed by atoms with Gasteiger partial charge in [-0.3, -0.25) is 14.9 Å². The highest BCUT2D eigenvalue weighted by molar-refractivity contribution is 6.39. The third-order valence-electron chi connectivity index (χ3n) is 8.22. The molecule has 2 atom stereocenters. The van der Waals surface area contributed by atoms with Crippen LogP contribution in [0.4, 0.5) is 4.79 Å². The highest BCUT2D eigenvalue weighted by Crippen LogP contribution is 2.45. The van der Waals surface area contributed by atoms with E-state index >= 15 is 0 Å². The van der Waals surface area contributed by atoms with E-state index in [1.807, 2.05) is 70.7 Å². The monoisotopic (exact) mass is 548 g/mol. The number of alkyl carbamates (subject to hydrolysis) is 1. The van der Waals surface area contributed by atoms with Crippen LogP contribution in [-0.4, -0.2) is 44.4 Å². The Balaban J connectivity index is 1.36. The summed E-state index contributed by atoms with van der Waals surface area (Å²) in [6.07, 6.45) is -2.67. The number of carbonyl (C=O) groups excluding carboxylic acids is 3. The summed E-state index contributed by atoms with van der Waals surface area (Å²) in [5, 5.41) is 19.7. The van der Waals surface area contributed by atoms with Crippen molar-refractivity contribution in [2.45, 2.75) is 38.8 Å². The standard InChI is InChI=1S/C31H24N4O6/c1-15-10-11-16(40-15)12-32-31(39)41-22-14-35-20-9-5-3-7-18(20)24-26-25(29(37)33-30(26)38)23-17-6-2-4-8-19(17)34(13-21(22)36)27(23)28(24)35/h2-11,21-22,36H,12-14H2,1H3,(H,32,39)(H,33,37,38). The molecule has 0 aliphatic carbocycles. The van der Waals surface area contributed by atoms with Crippen molar-refractivity contribution < 1.29 is 28.6 Å². The van der Waals surface area contributed by atoms with Crippen LogP contribution in [0.5, 0.6) is 0 Å². The molecule has 6 aromatic rings. The molecule has 0 bridgehead atoms. The van der Waals surface area contributed by atoms with Crippen molar-refractivity contribution in [3.05, 3.63) is 83.3 Å². The van der Waals surface area contributed by atoms with E-state index in [0.29, 0.717) is 27.7 Å². The molecule has 2 unspecified atom stereocenters. The highest BCUT2D eigenvalue weighted by Gasteiger charge is 2.39. The largest absolute Gasteiger partial charge is 0.465 e. The summed E-state index contributed by atoms with van der Waals surface area (Å²) in [4.78, 5) is 39.4. The number of ether oxygens (including phenoxy) is 1. The van der Waals surface area contributed by atoms with Crippen LogP contribution in [0.2, 0.25) is 0 Å². The predicted molar refractivity (Wildman–Crippen MR) is 151 cm³/mol. The molecule has 3 aromatic heterocycles. The van der Waals surface area contributed by atoms with Crippen LogP contribution in [-0.2, 0) is 24.4 Å². The van der Waals surface area contributed by atoms with Crippen molar-refractivity contribution in [2.24, 2.45) is 0 Å². The number of benzene rings is 3. The van der Waals surface area contributed by atoms with Crippen LogP contribution in [0.1, 0.15) is 32.2 Å². The molecule has 3 amide bonds. The normalized spacial score (nSPS) is 18.3. The zero-order valence-electron chi connectivity index (χ0n) is 21.9. The SMILES string of the molecule is Cc1ccc(CNC(=O)OC2Cn3c4ccccc4c4c5c(c6c7ccccc7n(c6c43)CC2O)C(=O)NC5=O)o1. The first-order valence-electron chi connectivity index (χ1n) is 13.4. The molecule has 10 heteroatoms. The van der Waals surface area contributed by atoms with Crippen molar-refractivity contribution >= 4 is 61.5 Å². The maximum Gasteiger partial charge on any atom is 0.407 e. The van der Waals surface area contributed by atoms with Gasteiger partial charge in [0.15, 0.2) is 0 Å². The third kappa shape index (κ3) is 3.31. The number of aryl methyl sites for hydroxylation is 1. The first-order chi connectivity index (χ1) is 19.9. The summed E-state index contributed by atoms with van der Waals surface area (Å²) in [5.41, 5.74) is 3.82. The van der Waals surface area contributed by atoms with Gasteiger partial charge in [0.05, 0.1) is 41.8 Å². The number of hydrogen-bond donors (Lipinski definition) is 3. The first kappa shape index (κ1) is 23.8. The number of hydrogen-bond acceptors (Lipinski definition) is 6. The Morgan fingerprint density at radius 3 is 2.10 bits per heavy atom. The molecule has 2 aliphatic rings. The number of aliphatic hydroxyl groups excluding tert-OH is 1. The molecular formula is C31H24N4O6. The number of para-hydroxylation sites is 2. The summed E-state index contributed by atoms with van der Waals surface area (Å²) < 4.78 is 15.3. The fraction of sp³-hybridized carbons (Fsp3) is 0.194. The minimum absolute atomic E-state index is 0.115. The van der Waals surface area contributed by atoms with Gasteiger partial charge in [0.2, 0.25) is 0 Å². The third-order valence-corrected chi connectivity index (χ3v) is 8.22. The molecule has 0 saturated carbocycles. The quantitative estimate of drug-likeness (QED) is 0.282. The summed E-state index contributed by atoms with van der Waals surface area (Å²) in [6.45, 7) is 2.23. The lowest BCUT2D eigenvalue weighted by Crippen LogP contribution is -2.41. The van der Waals surface area contributed by atoms with Gasteiger partial charge in [0.1, 0.15) is 23.7 Å². The van der Waals surface area contributed by atoms with E-state index in [9.17, 15) is 19.5 Å². The van der Waals surface area contributed by atoms with E-state index in [4.69, 9.17) is 9.15 Å². The minimum atomic E-state index is -1.07. The van der Waals surface area contributed by atoms with Crippen LogP contribution in [0.25, 0.3) is 43.6 Å². The molecule has 2 aliphatic heterocycles. The van der Waals surface area contributed by atoms with Gasteiger partial charge in [0, 0.05) is 32.6 Å². The van der Waals surface area contributed by atoms with E-state index in [-0.39, 0.29) is 19.6 Å². The fourth-order valence-corrected chi connectivity index (χ4v) is 6.56. The van der Waals surface area contributed by atoms with E-state index in [2.05, 4.69) is 10.6 Å². The van der Waals surface area contributed by atoms with Crippen LogP contribution in [0, 0.1) is 6.92 Å². The molecule has 204 valence electrons. The van der Waals surface area contributed by atoms with Gasteiger partial charge >= 0.3 is 6.09 Å². The Kier molecular flexibility index (Phi) is 4.90. The molecule has 0 radical (unpaired) electrons. The second kappa shape index (κ2) is 8.45. The average Bonchev–Trinajstić information content (AvgIpc) is 3.69. The summed E-state index contributed by atoms with van der Waals surface area (Å²) >= 11 is 0.